The van der Waals surface area contributed by atoms with Gasteiger partial charge in [0.1, 0.15) is 0 Å². The summed E-state index contributed by atoms with van der Waals surface area (Å²) in [7, 11) is 0. The first-order valence-electron chi connectivity index (χ1n) is 6.60. The Hall–Kier alpha value is -2.61. The molecule has 1 aromatic carbocycles. The van der Waals surface area contributed by atoms with Gasteiger partial charge in [-0.3, -0.25) is 0 Å². The Kier molecular flexibility index (Phi) is 3.21. The summed E-state index contributed by atoms with van der Waals surface area (Å²) in [6, 6.07) is 9.82. The molecule has 0 saturated carbocycles. The number of nitriles is 1. The van der Waals surface area contributed by atoms with Crippen molar-refractivity contribution in [1.82, 2.24) is 14.7 Å². The Morgan fingerprint density at radius 3 is 3.05 bits per heavy atom. The predicted octanol–water partition coefficient (Wildman–Crippen LogP) is 2.90. The lowest BCUT2D eigenvalue weighted by Crippen LogP contribution is -2.00. The quantitative estimate of drug-likeness (QED) is 0.728. The summed E-state index contributed by atoms with van der Waals surface area (Å²) in [5.41, 5.74) is 1.66. The molecule has 5 nitrogen and oxygen atoms in total. The molecule has 0 aliphatic heterocycles. The molecule has 0 unspecified atom stereocenters. The minimum Gasteiger partial charge on any atom is -0.340 e. The number of aromatic nitrogens is 3. The zero-order valence-electron chi connectivity index (χ0n) is 11.2. The van der Waals surface area contributed by atoms with Crippen molar-refractivity contribution in [3.8, 4) is 6.07 Å². The first-order chi connectivity index (χ1) is 9.80. The van der Waals surface area contributed by atoms with Crippen molar-refractivity contribution in [3.63, 3.8) is 0 Å². The van der Waals surface area contributed by atoms with Crippen LogP contribution in [0.5, 0.6) is 0 Å². The van der Waals surface area contributed by atoms with Gasteiger partial charge in [0.25, 0.3) is 0 Å². The zero-order valence-corrected chi connectivity index (χ0v) is 11.2. The van der Waals surface area contributed by atoms with Crippen LogP contribution in [0.3, 0.4) is 0 Å². The van der Waals surface area contributed by atoms with Gasteiger partial charge in [-0.2, -0.15) is 10.2 Å². The summed E-state index contributed by atoms with van der Waals surface area (Å²) in [6.45, 7) is 2.62. The molecule has 0 fully saturated rings. The second-order valence-corrected chi connectivity index (χ2v) is 4.68. The van der Waals surface area contributed by atoms with Gasteiger partial charge in [0, 0.05) is 18.1 Å². The average molecular weight is 266 g/mol. The SMILES string of the molecule is CCCc1nc(Cn2ccc3ccc(C#N)cc32)no1. The number of hydrogen-bond acceptors (Lipinski definition) is 4. The third kappa shape index (κ3) is 2.28. The van der Waals surface area contributed by atoms with Crippen LogP contribution in [0.1, 0.15) is 30.6 Å². The van der Waals surface area contributed by atoms with Crippen molar-refractivity contribution in [3.05, 3.63) is 47.7 Å². The molecule has 5 heteroatoms. The van der Waals surface area contributed by atoms with Crippen LogP contribution in [0, 0.1) is 11.3 Å². The lowest BCUT2D eigenvalue weighted by molar-refractivity contribution is 0.371. The molecule has 3 rings (SSSR count). The Morgan fingerprint density at radius 2 is 2.25 bits per heavy atom. The Balaban J connectivity index is 1.91. The normalized spacial score (nSPS) is 10.8. The summed E-state index contributed by atoms with van der Waals surface area (Å²) in [5.74, 6) is 1.34. The molecule has 0 aliphatic carbocycles. The van der Waals surface area contributed by atoms with Gasteiger partial charge in [-0.15, -0.1) is 0 Å². The Morgan fingerprint density at radius 1 is 1.35 bits per heavy atom. The molecule has 2 aromatic heterocycles. The van der Waals surface area contributed by atoms with Gasteiger partial charge in [0.2, 0.25) is 5.89 Å². The molecule has 0 amide bonds. The van der Waals surface area contributed by atoms with E-state index in [9.17, 15) is 0 Å². The van der Waals surface area contributed by atoms with Crippen molar-refractivity contribution < 1.29 is 4.52 Å². The van der Waals surface area contributed by atoms with E-state index < -0.39 is 0 Å². The monoisotopic (exact) mass is 266 g/mol. The summed E-state index contributed by atoms with van der Waals surface area (Å²) in [5, 5.41) is 14.1. The van der Waals surface area contributed by atoms with E-state index in [1.54, 1.807) is 0 Å². The van der Waals surface area contributed by atoms with E-state index in [1.165, 1.54) is 0 Å². The number of nitrogens with zero attached hydrogens (tertiary/aromatic N) is 4. The van der Waals surface area contributed by atoms with Gasteiger partial charge in [-0.25, -0.2) is 0 Å². The molecule has 20 heavy (non-hydrogen) atoms. The smallest absolute Gasteiger partial charge is 0.226 e. The lowest BCUT2D eigenvalue weighted by atomic mass is 10.2. The van der Waals surface area contributed by atoms with E-state index in [-0.39, 0.29) is 0 Å². The van der Waals surface area contributed by atoms with Crippen LogP contribution in [0.15, 0.2) is 35.0 Å². The van der Waals surface area contributed by atoms with Gasteiger partial charge in [0.05, 0.1) is 18.2 Å². The van der Waals surface area contributed by atoms with Crippen LogP contribution in [-0.4, -0.2) is 14.7 Å². The third-order valence-corrected chi connectivity index (χ3v) is 3.19. The molecular weight excluding hydrogens is 252 g/mol. The molecule has 100 valence electrons. The number of rotatable bonds is 4. The molecule has 0 radical (unpaired) electrons. The maximum Gasteiger partial charge on any atom is 0.226 e. The van der Waals surface area contributed by atoms with Crippen LogP contribution in [0.2, 0.25) is 0 Å². The van der Waals surface area contributed by atoms with E-state index in [2.05, 4.69) is 23.1 Å². The highest BCUT2D eigenvalue weighted by atomic mass is 16.5. The van der Waals surface area contributed by atoms with Crippen LogP contribution in [0.25, 0.3) is 10.9 Å². The molecule has 0 atom stereocenters. The number of hydrogen-bond donors (Lipinski definition) is 0. The van der Waals surface area contributed by atoms with Crippen LogP contribution in [-0.2, 0) is 13.0 Å². The largest absolute Gasteiger partial charge is 0.340 e. The summed E-state index contributed by atoms with van der Waals surface area (Å²) in [6.07, 6.45) is 3.76. The second kappa shape index (κ2) is 5.17. The van der Waals surface area contributed by atoms with Gasteiger partial charge < -0.3 is 9.09 Å². The van der Waals surface area contributed by atoms with Crippen molar-refractivity contribution >= 4 is 10.9 Å². The zero-order chi connectivity index (χ0) is 13.9. The number of fused-ring (bicyclic) bond motifs is 1. The fourth-order valence-corrected chi connectivity index (χ4v) is 2.21. The van der Waals surface area contributed by atoms with E-state index in [4.69, 9.17) is 9.78 Å². The van der Waals surface area contributed by atoms with E-state index in [1.807, 2.05) is 35.0 Å². The van der Waals surface area contributed by atoms with Gasteiger partial charge in [0.15, 0.2) is 5.82 Å². The van der Waals surface area contributed by atoms with Gasteiger partial charge >= 0.3 is 0 Å². The average Bonchev–Trinajstić information content (AvgIpc) is 3.07. The van der Waals surface area contributed by atoms with E-state index >= 15 is 0 Å². The number of benzene rings is 1. The highest BCUT2D eigenvalue weighted by Crippen LogP contribution is 2.18. The van der Waals surface area contributed by atoms with E-state index in [0.29, 0.717) is 23.8 Å². The Bertz CT molecular complexity index is 779. The van der Waals surface area contributed by atoms with Crippen LogP contribution >= 0.6 is 0 Å². The second-order valence-electron chi connectivity index (χ2n) is 4.68. The molecule has 0 bridgehead atoms. The standard InChI is InChI=1S/C15H14N4O/c1-2-3-15-17-14(18-20-15)10-19-7-6-12-5-4-11(9-16)8-13(12)19/h4-8H,2-3,10H2,1H3. The maximum absolute atomic E-state index is 8.98. The first-order valence-corrected chi connectivity index (χ1v) is 6.60. The molecule has 0 aliphatic rings. The third-order valence-electron chi connectivity index (χ3n) is 3.19. The van der Waals surface area contributed by atoms with Crippen molar-refractivity contribution in [2.24, 2.45) is 0 Å². The van der Waals surface area contributed by atoms with E-state index in [0.717, 1.165) is 23.7 Å². The highest BCUT2D eigenvalue weighted by molar-refractivity contribution is 5.81. The molecule has 3 aromatic rings. The minimum atomic E-state index is 0.547. The fourth-order valence-electron chi connectivity index (χ4n) is 2.21. The van der Waals surface area contributed by atoms with Crippen molar-refractivity contribution in [2.45, 2.75) is 26.3 Å². The molecule has 0 N–H and O–H groups in total. The summed E-state index contributed by atoms with van der Waals surface area (Å²) in [4.78, 5) is 4.36. The molecule has 0 spiro atoms. The topological polar surface area (TPSA) is 67.6 Å². The van der Waals surface area contributed by atoms with Crippen molar-refractivity contribution in [2.75, 3.05) is 0 Å². The first kappa shape index (κ1) is 12.4. The predicted molar refractivity (Wildman–Crippen MR) is 74.0 cm³/mol. The fraction of sp³-hybridized carbons (Fsp3) is 0.267. The van der Waals surface area contributed by atoms with Crippen molar-refractivity contribution in [1.29, 1.82) is 5.26 Å². The number of aryl methyl sites for hydroxylation is 1. The van der Waals surface area contributed by atoms with Crippen LogP contribution < -0.4 is 0 Å². The Labute approximate surface area is 116 Å². The maximum atomic E-state index is 8.98. The molecule has 2 heterocycles. The summed E-state index contributed by atoms with van der Waals surface area (Å²) >= 11 is 0. The lowest BCUT2D eigenvalue weighted by Gasteiger charge is -2.01. The molecular formula is C15H14N4O. The minimum absolute atomic E-state index is 0.547. The van der Waals surface area contributed by atoms with Crippen LogP contribution in [0.4, 0.5) is 0 Å². The molecule has 0 saturated heterocycles. The van der Waals surface area contributed by atoms with Gasteiger partial charge in [-0.05, 0) is 30.0 Å². The van der Waals surface area contributed by atoms with Gasteiger partial charge in [-0.1, -0.05) is 18.1 Å². The summed E-state index contributed by atoms with van der Waals surface area (Å²) < 4.78 is 7.21. The highest BCUT2D eigenvalue weighted by Gasteiger charge is 2.08.